The molecule has 10 aromatic rings. The van der Waals surface area contributed by atoms with Crippen LogP contribution >= 0.6 is 11.3 Å². The zero-order chi connectivity index (χ0) is 37.9. The molecule has 11 rings (SSSR count). The lowest BCUT2D eigenvalue weighted by Gasteiger charge is -2.29. The number of rotatable bonds is 6. The standard InChI is InChI=1S/C54H36N2S/c1-54(38-21-9-4-10-22-38)46-29-16-26-40(35-17-5-2-6-18-35)51(46)44-32-31-37(33-47(44)54)39-23-11-12-24-41(39)48-34-49(56-53(55-48)36-19-7-3-8-20-36)45-28-15-27-43-42-25-13-14-30-50(42)57-52(43)45/h2-34H,1H3. The fraction of sp³-hybridized carbons (Fsp3) is 0.0370. The molecule has 8 aromatic carbocycles. The van der Waals surface area contributed by atoms with Crippen LogP contribution in [0.5, 0.6) is 0 Å². The molecule has 2 nitrogen and oxygen atoms in total. The van der Waals surface area contributed by atoms with E-state index < -0.39 is 0 Å². The Bertz CT molecular complexity index is 3130. The van der Waals surface area contributed by atoms with Crippen LogP contribution in [0.25, 0.3) is 87.5 Å². The second-order valence-corrected chi connectivity index (χ2v) is 16.1. The monoisotopic (exact) mass is 744 g/mol. The Kier molecular flexibility index (Phi) is 7.84. The van der Waals surface area contributed by atoms with Crippen molar-refractivity contribution in [3.05, 3.63) is 217 Å². The van der Waals surface area contributed by atoms with Crippen molar-refractivity contribution in [1.29, 1.82) is 0 Å². The van der Waals surface area contributed by atoms with Gasteiger partial charge in [-0.3, -0.25) is 0 Å². The van der Waals surface area contributed by atoms with Gasteiger partial charge in [0.05, 0.1) is 11.4 Å². The fourth-order valence-corrected chi connectivity index (χ4v) is 10.3. The van der Waals surface area contributed by atoms with Gasteiger partial charge >= 0.3 is 0 Å². The van der Waals surface area contributed by atoms with Crippen molar-refractivity contribution in [3.63, 3.8) is 0 Å². The molecule has 1 aliphatic carbocycles. The molecule has 0 N–H and O–H groups in total. The van der Waals surface area contributed by atoms with Crippen LogP contribution in [0.4, 0.5) is 0 Å². The van der Waals surface area contributed by atoms with Gasteiger partial charge in [0.1, 0.15) is 0 Å². The van der Waals surface area contributed by atoms with Crippen LogP contribution in [0.15, 0.2) is 200 Å². The minimum absolute atomic E-state index is 0.354. The van der Waals surface area contributed by atoms with Gasteiger partial charge in [0.2, 0.25) is 0 Å². The molecular formula is C54H36N2S. The highest BCUT2D eigenvalue weighted by atomic mass is 32.1. The van der Waals surface area contributed by atoms with Gasteiger partial charge in [-0.2, -0.15) is 0 Å². The quantitative estimate of drug-likeness (QED) is 0.169. The Morgan fingerprint density at radius 2 is 1.00 bits per heavy atom. The van der Waals surface area contributed by atoms with Gasteiger partial charge in [-0.25, -0.2) is 9.97 Å². The van der Waals surface area contributed by atoms with Gasteiger partial charge in [-0.05, 0) is 75.2 Å². The van der Waals surface area contributed by atoms with Gasteiger partial charge in [0, 0.05) is 42.3 Å². The van der Waals surface area contributed by atoms with Crippen LogP contribution in [-0.2, 0) is 5.41 Å². The van der Waals surface area contributed by atoms with Crippen molar-refractivity contribution in [2.45, 2.75) is 12.3 Å². The van der Waals surface area contributed by atoms with Crippen molar-refractivity contribution in [2.24, 2.45) is 0 Å². The minimum atomic E-state index is -0.354. The van der Waals surface area contributed by atoms with E-state index in [2.05, 4.69) is 201 Å². The summed E-state index contributed by atoms with van der Waals surface area (Å²) in [6, 6.07) is 72.2. The normalized spacial score (nSPS) is 14.5. The Labute approximate surface area is 336 Å². The molecule has 268 valence electrons. The lowest BCUT2D eigenvalue weighted by Crippen LogP contribution is -2.22. The number of hydrogen-bond donors (Lipinski definition) is 0. The molecule has 3 heteroatoms. The predicted octanol–water partition coefficient (Wildman–Crippen LogP) is 14.5. The highest BCUT2D eigenvalue weighted by Gasteiger charge is 2.42. The third-order valence-corrected chi connectivity index (χ3v) is 13.0. The molecule has 0 aliphatic heterocycles. The SMILES string of the molecule is CC1(c2ccccc2)c2cc(-c3ccccc3-c3cc(-c4cccc5c4sc4ccccc45)nc(-c4ccccc4)n3)ccc2-c2c(-c3ccccc3)cccc21. The Morgan fingerprint density at radius 3 is 1.79 bits per heavy atom. The number of aromatic nitrogens is 2. The molecule has 0 bridgehead atoms. The molecule has 2 heterocycles. The minimum Gasteiger partial charge on any atom is -0.228 e. The average molecular weight is 745 g/mol. The average Bonchev–Trinajstić information content (AvgIpc) is 3.80. The van der Waals surface area contributed by atoms with Gasteiger partial charge in [0.15, 0.2) is 5.82 Å². The summed E-state index contributed by atoms with van der Waals surface area (Å²) in [5.74, 6) is 0.713. The lowest BCUT2D eigenvalue weighted by atomic mass is 9.73. The van der Waals surface area contributed by atoms with E-state index in [1.807, 2.05) is 17.4 Å². The summed E-state index contributed by atoms with van der Waals surface area (Å²) >= 11 is 1.83. The largest absolute Gasteiger partial charge is 0.228 e. The number of thiophene rings is 1. The number of benzene rings is 8. The number of hydrogen-bond acceptors (Lipinski definition) is 3. The molecule has 57 heavy (non-hydrogen) atoms. The Balaban J connectivity index is 1.12. The maximum atomic E-state index is 5.33. The third-order valence-electron chi connectivity index (χ3n) is 11.8. The molecular weight excluding hydrogens is 709 g/mol. The van der Waals surface area contributed by atoms with E-state index in [1.54, 1.807) is 0 Å². The van der Waals surface area contributed by atoms with E-state index in [1.165, 1.54) is 59.1 Å². The smallest absolute Gasteiger partial charge is 0.160 e. The third kappa shape index (κ3) is 5.38. The van der Waals surface area contributed by atoms with E-state index in [0.29, 0.717) is 5.82 Å². The molecule has 2 aromatic heterocycles. The zero-order valence-corrected chi connectivity index (χ0v) is 32.2. The highest BCUT2D eigenvalue weighted by molar-refractivity contribution is 7.26. The van der Waals surface area contributed by atoms with E-state index in [0.717, 1.165) is 39.2 Å². The summed E-state index contributed by atoms with van der Waals surface area (Å²) in [5.41, 5.74) is 16.0. The number of fused-ring (bicyclic) bond motifs is 6. The maximum absolute atomic E-state index is 5.33. The summed E-state index contributed by atoms with van der Waals surface area (Å²) in [6.07, 6.45) is 0. The van der Waals surface area contributed by atoms with Crippen LogP contribution in [0.1, 0.15) is 23.6 Å². The van der Waals surface area contributed by atoms with Crippen molar-refractivity contribution in [3.8, 4) is 67.3 Å². The lowest BCUT2D eigenvalue weighted by molar-refractivity contribution is 0.714. The zero-order valence-electron chi connectivity index (χ0n) is 31.4. The first-order chi connectivity index (χ1) is 28.1. The van der Waals surface area contributed by atoms with Gasteiger partial charge in [-0.1, -0.05) is 182 Å². The molecule has 1 unspecified atom stereocenters. The van der Waals surface area contributed by atoms with Gasteiger partial charge in [0.25, 0.3) is 0 Å². The van der Waals surface area contributed by atoms with E-state index in [4.69, 9.17) is 9.97 Å². The van der Waals surface area contributed by atoms with Crippen molar-refractivity contribution >= 4 is 31.5 Å². The molecule has 0 radical (unpaired) electrons. The molecule has 0 fully saturated rings. The molecule has 1 atom stereocenters. The van der Waals surface area contributed by atoms with Crippen LogP contribution < -0.4 is 0 Å². The first-order valence-corrected chi connectivity index (χ1v) is 20.3. The van der Waals surface area contributed by atoms with Crippen molar-refractivity contribution < 1.29 is 0 Å². The number of nitrogens with zero attached hydrogens (tertiary/aromatic N) is 2. The second-order valence-electron chi connectivity index (χ2n) is 15.0. The fourth-order valence-electron chi connectivity index (χ4n) is 9.04. The van der Waals surface area contributed by atoms with Crippen LogP contribution in [0, 0.1) is 0 Å². The summed E-state index contributed by atoms with van der Waals surface area (Å²) in [7, 11) is 0. The summed E-state index contributed by atoms with van der Waals surface area (Å²) < 4.78 is 2.52. The van der Waals surface area contributed by atoms with Crippen LogP contribution in [0.3, 0.4) is 0 Å². The second kappa shape index (κ2) is 13.4. The van der Waals surface area contributed by atoms with Gasteiger partial charge < -0.3 is 0 Å². The molecule has 0 spiro atoms. The first-order valence-electron chi connectivity index (χ1n) is 19.5. The van der Waals surface area contributed by atoms with E-state index >= 15 is 0 Å². The van der Waals surface area contributed by atoms with Crippen LogP contribution in [0.2, 0.25) is 0 Å². The first kappa shape index (κ1) is 33.4. The highest BCUT2D eigenvalue weighted by Crippen LogP contribution is 2.56. The van der Waals surface area contributed by atoms with E-state index in [-0.39, 0.29) is 5.41 Å². The molecule has 0 saturated heterocycles. The predicted molar refractivity (Wildman–Crippen MR) is 240 cm³/mol. The van der Waals surface area contributed by atoms with Crippen molar-refractivity contribution in [1.82, 2.24) is 9.97 Å². The molecule has 0 saturated carbocycles. The summed E-state index contributed by atoms with van der Waals surface area (Å²) in [6.45, 7) is 2.40. The Hall–Kier alpha value is -6.94. The molecule has 0 amide bonds. The maximum Gasteiger partial charge on any atom is 0.160 e. The van der Waals surface area contributed by atoms with Crippen molar-refractivity contribution in [2.75, 3.05) is 0 Å². The van der Waals surface area contributed by atoms with Gasteiger partial charge in [-0.15, -0.1) is 11.3 Å². The summed E-state index contributed by atoms with van der Waals surface area (Å²) in [5, 5.41) is 2.53. The Morgan fingerprint density at radius 1 is 0.404 bits per heavy atom. The topological polar surface area (TPSA) is 25.8 Å². The summed E-state index contributed by atoms with van der Waals surface area (Å²) in [4.78, 5) is 10.6. The molecule has 1 aliphatic rings. The van der Waals surface area contributed by atoms with E-state index in [9.17, 15) is 0 Å². The van der Waals surface area contributed by atoms with Crippen LogP contribution in [-0.4, -0.2) is 9.97 Å².